The van der Waals surface area contributed by atoms with E-state index in [2.05, 4.69) is 4.90 Å². The normalized spacial score (nSPS) is 15.0. The molecule has 5 heteroatoms. The van der Waals surface area contributed by atoms with Crippen LogP contribution in [0.5, 0.6) is 5.75 Å². The Morgan fingerprint density at radius 2 is 1.74 bits per heavy atom. The summed E-state index contributed by atoms with van der Waals surface area (Å²) < 4.78 is 5.28. The third-order valence-corrected chi connectivity index (χ3v) is 5.08. The molecule has 1 heterocycles. The Labute approximate surface area is 161 Å². The third-order valence-electron chi connectivity index (χ3n) is 5.08. The lowest BCUT2D eigenvalue weighted by atomic mass is 10.0. The molecule has 1 fully saturated rings. The van der Waals surface area contributed by atoms with Crippen molar-refractivity contribution in [3.05, 3.63) is 54.1 Å². The standard InChI is InChI=1S/C22H28N2O3/c1-27-21-6-4-5-20(17-21)18-7-9-19(10-8-18)22(26)24-14-12-23(13-15-24)11-2-3-16-25/h4-10,17,25H,2-3,11-16H2,1H3. The fraction of sp³-hybridized carbons (Fsp3) is 0.409. The van der Waals surface area contributed by atoms with Crippen molar-refractivity contribution < 1.29 is 14.6 Å². The molecule has 0 bridgehead atoms. The van der Waals surface area contributed by atoms with Crippen LogP contribution in [0.15, 0.2) is 48.5 Å². The molecule has 1 amide bonds. The first-order valence-electron chi connectivity index (χ1n) is 9.58. The van der Waals surface area contributed by atoms with Crippen molar-refractivity contribution in [2.45, 2.75) is 12.8 Å². The van der Waals surface area contributed by atoms with Gasteiger partial charge in [0.1, 0.15) is 5.75 Å². The van der Waals surface area contributed by atoms with Gasteiger partial charge in [-0.05, 0) is 54.8 Å². The van der Waals surface area contributed by atoms with Crippen molar-refractivity contribution in [2.24, 2.45) is 0 Å². The third kappa shape index (κ3) is 5.08. The highest BCUT2D eigenvalue weighted by molar-refractivity contribution is 5.94. The monoisotopic (exact) mass is 368 g/mol. The molecule has 0 aliphatic carbocycles. The Kier molecular flexibility index (Phi) is 6.85. The summed E-state index contributed by atoms with van der Waals surface area (Å²) in [5.41, 5.74) is 2.87. The van der Waals surface area contributed by atoms with E-state index in [-0.39, 0.29) is 12.5 Å². The maximum absolute atomic E-state index is 12.8. The summed E-state index contributed by atoms with van der Waals surface area (Å²) in [7, 11) is 1.66. The Morgan fingerprint density at radius 1 is 1.00 bits per heavy atom. The van der Waals surface area contributed by atoms with Crippen LogP contribution in [0, 0.1) is 0 Å². The number of benzene rings is 2. The van der Waals surface area contributed by atoms with E-state index in [0.29, 0.717) is 0 Å². The number of carbonyl (C=O) groups is 1. The van der Waals surface area contributed by atoms with Crippen LogP contribution in [0.3, 0.4) is 0 Å². The van der Waals surface area contributed by atoms with Crippen molar-refractivity contribution in [3.63, 3.8) is 0 Å². The number of aliphatic hydroxyl groups excluding tert-OH is 1. The number of methoxy groups -OCH3 is 1. The number of nitrogens with zero attached hydrogens (tertiary/aromatic N) is 2. The molecule has 1 aliphatic heterocycles. The van der Waals surface area contributed by atoms with Crippen molar-refractivity contribution in [1.29, 1.82) is 0 Å². The van der Waals surface area contributed by atoms with Crippen LogP contribution in [0.25, 0.3) is 11.1 Å². The molecule has 1 aliphatic rings. The molecule has 1 saturated heterocycles. The second-order valence-corrected chi connectivity index (χ2v) is 6.87. The van der Waals surface area contributed by atoms with Gasteiger partial charge in [-0.25, -0.2) is 0 Å². The first-order valence-corrected chi connectivity index (χ1v) is 9.58. The fourth-order valence-electron chi connectivity index (χ4n) is 3.41. The molecule has 3 rings (SSSR count). The number of rotatable bonds is 7. The van der Waals surface area contributed by atoms with Crippen molar-refractivity contribution in [2.75, 3.05) is 46.4 Å². The fourth-order valence-corrected chi connectivity index (χ4v) is 3.41. The van der Waals surface area contributed by atoms with Crippen LogP contribution in [-0.2, 0) is 0 Å². The van der Waals surface area contributed by atoms with Crippen LogP contribution in [-0.4, -0.2) is 67.3 Å². The smallest absolute Gasteiger partial charge is 0.253 e. The van der Waals surface area contributed by atoms with Gasteiger partial charge in [0, 0.05) is 38.3 Å². The summed E-state index contributed by atoms with van der Waals surface area (Å²) in [6.45, 7) is 4.57. The molecular weight excluding hydrogens is 340 g/mol. The van der Waals surface area contributed by atoms with Gasteiger partial charge in [-0.1, -0.05) is 24.3 Å². The Balaban J connectivity index is 1.58. The highest BCUT2D eigenvalue weighted by atomic mass is 16.5. The molecule has 5 nitrogen and oxygen atoms in total. The van der Waals surface area contributed by atoms with E-state index >= 15 is 0 Å². The summed E-state index contributed by atoms with van der Waals surface area (Å²) in [4.78, 5) is 17.1. The van der Waals surface area contributed by atoms with Crippen LogP contribution < -0.4 is 4.74 Å². The van der Waals surface area contributed by atoms with Crippen molar-refractivity contribution >= 4 is 5.91 Å². The lowest BCUT2D eigenvalue weighted by Gasteiger charge is -2.34. The highest BCUT2D eigenvalue weighted by Crippen LogP contribution is 2.24. The van der Waals surface area contributed by atoms with E-state index in [1.165, 1.54) is 0 Å². The van der Waals surface area contributed by atoms with Gasteiger partial charge >= 0.3 is 0 Å². The molecule has 0 spiro atoms. The molecule has 0 saturated carbocycles. The molecule has 144 valence electrons. The molecule has 1 N–H and O–H groups in total. The highest BCUT2D eigenvalue weighted by Gasteiger charge is 2.21. The largest absolute Gasteiger partial charge is 0.497 e. The SMILES string of the molecule is COc1cccc(-c2ccc(C(=O)N3CCN(CCCCO)CC3)cc2)c1. The molecular formula is C22H28N2O3. The van der Waals surface area contributed by atoms with E-state index in [4.69, 9.17) is 9.84 Å². The quantitative estimate of drug-likeness (QED) is 0.764. The van der Waals surface area contributed by atoms with Gasteiger partial charge in [-0.2, -0.15) is 0 Å². The summed E-state index contributed by atoms with van der Waals surface area (Å²) in [5.74, 6) is 0.923. The van der Waals surface area contributed by atoms with E-state index < -0.39 is 0 Å². The van der Waals surface area contributed by atoms with Crippen LogP contribution in [0.4, 0.5) is 0 Å². The number of aliphatic hydroxyl groups is 1. The van der Waals surface area contributed by atoms with Gasteiger partial charge in [0.25, 0.3) is 5.91 Å². The molecule has 0 unspecified atom stereocenters. The maximum Gasteiger partial charge on any atom is 0.253 e. The van der Waals surface area contributed by atoms with Crippen LogP contribution in [0.2, 0.25) is 0 Å². The zero-order valence-corrected chi connectivity index (χ0v) is 15.9. The zero-order chi connectivity index (χ0) is 19.1. The number of ether oxygens (including phenoxy) is 1. The molecule has 0 atom stereocenters. The van der Waals surface area contributed by atoms with Crippen LogP contribution in [0.1, 0.15) is 23.2 Å². The maximum atomic E-state index is 12.8. The average molecular weight is 368 g/mol. The topological polar surface area (TPSA) is 53.0 Å². The van der Waals surface area contributed by atoms with Gasteiger partial charge in [-0.15, -0.1) is 0 Å². The number of amides is 1. The predicted molar refractivity (Wildman–Crippen MR) is 107 cm³/mol. The Hall–Kier alpha value is -2.37. The molecule has 2 aromatic rings. The van der Waals surface area contributed by atoms with Crippen molar-refractivity contribution in [3.8, 4) is 16.9 Å². The Morgan fingerprint density at radius 3 is 2.41 bits per heavy atom. The minimum Gasteiger partial charge on any atom is -0.497 e. The van der Waals surface area contributed by atoms with Gasteiger partial charge < -0.3 is 14.7 Å². The average Bonchev–Trinajstić information content (AvgIpc) is 2.74. The van der Waals surface area contributed by atoms with E-state index in [0.717, 1.165) is 68.0 Å². The summed E-state index contributed by atoms with van der Waals surface area (Å²) >= 11 is 0. The summed E-state index contributed by atoms with van der Waals surface area (Å²) in [6.07, 6.45) is 1.86. The summed E-state index contributed by atoms with van der Waals surface area (Å²) in [6, 6.07) is 15.7. The first-order chi connectivity index (χ1) is 13.2. The van der Waals surface area contributed by atoms with Gasteiger partial charge in [0.05, 0.1) is 7.11 Å². The number of carbonyl (C=O) groups excluding carboxylic acids is 1. The number of piperazine rings is 1. The van der Waals surface area contributed by atoms with Gasteiger partial charge in [0.15, 0.2) is 0 Å². The van der Waals surface area contributed by atoms with E-state index in [9.17, 15) is 4.79 Å². The lowest BCUT2D eigenvalue weighted by Crippen LogP contribution is -2.48. The first kappa shape index (κ1) is 19.4. The number of unbranched alkanes of at least 4 members (excludes halogenated alkanes) is 1. The zero-order valence-electron chi connectivity index (χ0n) is 15.9. The predicted octanol–water partition coefficient (Wildman–Crippen LogP) is 2.89. The Bertz CT molecular complexity index is 737. The van der Waals surface area contributed by atoms with Crippen molar-refractivity contribution in [1.82, 2.24) is 9.80 Å². The van der Waals surface area contributed by atoms with Gasteiger partial charge in [-0.3, -0.25) is 9.69 Å². The minimum absolute atomic E-state index is 0.0993. The molecule has 2 aromatic carbocycles. The number of hydrogen-bond donors (Lipinski definition) is 1. The molecule has 0 aromatic heterocycles. The second kappa shape index (κ2) is 9.53. The molecule has 27 heavy (non-hydrogen) atoms. The molecule has 0 radical (unpaired) electrons. The minimum atomic E-state index is 0.0993. The van der Waals surface area contributed by atoms with E-state index in [1.54, 1.807) is 7.11 Å². The lowest BCUT2D eigenvalue weighted by molar-refractivity contribution is 0.0634. The second-order valence-electron chi connectivity index (χ2n) is 6.87. The van der Waals surface area contributed by atoms with Crippen LogP contribution >= 0.6 is 0 Å². The van der Waals surface area contributed by atoms with E-state index in [1.807, 2.05) is 53.4 Å². The number of hydrogen-bond acceptors (Lipinski definition) is 4. The van der Waals surface area contributed by atoms with Gasteiger partial charge in [0.2, 0.25) is 0 Å². The summed E-state index contributed by atoms with van der Waals surface area (Å²) in [5, 5.41) is 8.88.